The van der Waals surface area contributed by atoms with Crippen LogP contribution in [-0.2, 0) is 20.8 Å². The molecule has 0 amide bonds. The van der Waals surface area contributed by atoms with Crippen molar-refractivity contribution in [1.82, 2.24) is 0 Å². The molecule has 5 nitrogen and oxygen atoms in total. The zero-order chi connectivity index (χ0) is 27.8. The van der Waals surface area contributed by atoms with Crippen molar-refractivity contribution in [3.63, 3.8) is 0 Å². The number of thiazole rings is 1. The van der Waals surface area contributed by atoms with Gasteiger partial charge in [0, 0.05) is 19.3 Å². The smallest absolute Gasteiger partial charge is 0.338 e. The van der Waals surface area contributed by atoms with Crippen molar-refractivity contribution in [2.75, 3.05) is 26.9 Å². The summed E-state index contributed by atoms with van der Waals surface area (Å²) in [6, 6.07) is 7.60. The number of esters is 1. The van der Waals surface area contributed by atoms with E-state index in [1.807, 2.05) is 41.4 Å². The highest BCUT2D eigenvalue weighted by atomic mass is 79.9. The van der Waals surface area contributed by atoms with Crippen molar-refractivity contribution in [1.29, 1.82) is 0 Å². The summed E-state index contributed by atoms with van der Waals surface area (Å²) in [4.78, 5) is 12.7. The number of carbonyl (C=O) groups is 1. The molecular formula is C33H54BrNO4S. The number of carbonyl (C=O) groups excluding carboxylic acids is 1. The van der Waals surface area contributed by atoms with Gasteiger partial charge in [-0.2, -0.15) is 4.57 Å². The molecule has 0 spiro atoms. The van der Waals surface area contributed by atoms with Gasteiger partial charge < -0.3 is 31.2 Å². The fraction of sp³-hybridized carbons (Fsp3) is 0.697. The highest BCUT2D eigenvalue weighted by Gasteiger charge is 2.18. The number of halogens is 1. The highest BCUT2D eigenvalue weighted by molar-refractivity contribution is 7.07. The largest absolute Gasteiger partial charge is 1.00 e. The molecule has 0 aliphatic rings. The number of methoxy groups -OCH3 is 1. The van der Waals surface area contributed by atoms with Gasteiger partial charge in [-0.3, -0.25) is 0 Å². The van der Waals surface area contributed by atoms with E-state index in [2.05, 4.69) is 11.5 Å². The maximum atomic E-state index is 12.7. The van der Waals surface area contributed by atoms with Gasteiger partial charge in [0.05, 0.1) is 17.6 Å². The predicted molar refractivity (Wildman–Crippen MR) is 162 cm³/mol. The second-order valence-electron chi connectivity index (χ2n) is 10.7. The van der Waals surface area contributed by atoms with Crippen LogP contribution in [0.15, 0.2) is 41.4 Å². The lowest BCUT2D eigenvalue weighted by Crippen LogP contribution is -3.00. The lowest BCUT2D eigenvalue weighted by Gasteiger charge is -2.16. The molecule has 0 bridgehead atoms. The van der Waals surface area contributed by atoms with E-state index in [0.717, 1.165) is 18.6 Å². The molecule has 0 aliphatic heterocycles. The molecule has 1 unspecified atom stereocenters. The molecule has 0 radical (unpaired) electrons. The van der Waals surface area contributed by atoms with Crippen LogP contribution in [0.25, 0.3) is 0 Å². The lowest BCUT2D eigenvalue weighted by atomic mass is 10.0. The minimum atomic E-state index is -0.318. The third kappa shape index (κ3) is 17.5. The molecule has 7 heteroatoms. The van der Waals surface area contributed by atoms with E-state index in [9.17, 15) is 4.79 Å². The zero-order valence-corrected chi connectivity index (χ0v) is 27.5. The quantitative estimate of drug-likeness (QED) is 0.0813. The second-order valence-corrected chi connectivity index (χ2v) is 11.4. The molecule has 2 aromatic rings. The molecule has 0 saturated heterocycles. The van der Waals surface area contributed by atoms with E-state index in [4.69, 9.17) is 14.2 Å². The number of hydrogen-bond donors (Lipinski definition) is 0. The Bertz CT molecular complexity index is 849. The number of ether oxygens (including phenoxy) is 3. The molecule has 0 aliphatic carbocycles. The van der Waals surface area contributed by atoms with Crippen molar-refractivity contribution < 1.29 is 40.6 Å². The Hall–Kier alpha value is -1.28. The van der Waals surface area contributed by atoms with Crippen LogP contribution < -0.4 is 21.5 Å². The van der Waals surface area contributed by atoms with E-state index in [0.29, 0.717) is 18.7 Å². The summed E-state index contributed by atoms with van der Waals surface area (Å²) in [6.07, 6.45) is 23.6. The van der Waals surface area contributed by atoms with E-state index >= 15 is 0 Å². The minimum Gasteiger partial charge on any atom is -1.00 e. The molecule has 1 aromatic heterocycles. The van der Waals surface area contributed by atoms with E-state index in [1.54, 1.807) is 18.4 Å². The minimum absolute atomic E-state index is 0. The normalized spacial score (nSPS) is 11.8. The molecule has 0 fully saturated rings. The third-order valence-corrected chi connectivity index (χ3v) is 7.97. The van der Waals surface area contributed by atoms with Crippen LogP contribution >= 0.6 is 11.3 Å². The predicted octanol–water partition coefficient (Wildman–Crippen LogP) is 5.54. The number of benzene rings is 1. The average molecular weight is 641 g/mol. The first kappa shape index (κ1) is 36.7. The Morgan fingerprint density at radius 1 is 0.825 bits per heavy atom. The molecule has 2 rings (SSSR count). The van der Waals surface area contributed by atoms with Gasteiger partial charge in [0.2, 0.25) is 5.51 Å². The lowest BCUT2D eigenvalue weighted by molar-refractivity contribution is -0.683. The number of nitrogens with zero attached hydrogens (tertiary/aromatic N) is 1. The van der Waals surface area contributed by atoms with Gasteiger partial charge in [-0.25, -0.2) is 4.79 Å². The first-order valence-electron chi connectivity index (χ1n) is 15.5. The Balaban J connectivity index is 0.00000800. The summed E-state index contributed by atoms with van der Waals surface area (Å²) in [5, 5.41) is 2.02. The molecule has 0 saturated carbocycles. The molecule has 1 atom stereocenters. The SMILES string of the molecule is CCCCCCCCCCCCCCCCCCOCC(COC(=O)c1ccccc1C[n+]1ccsc1)OC.[Br-]. The average Bonchev–Trinajstić information content (AvgIpc) is 3.47. The summed E-state index contributed by atoms with van der Waals surface area (Å²) in [5.41, 5.74) is 3.57. The standard InChI is InChI=1S/C33H54NO4S.BrH/c1-3-4-5-6-7-8-9-10-11-12-13-14-15-16-17-20-24-37-27-31(36-2)28-38-33(35)32-22-19-18-21-30(32)26-34-23-25-39-29-34;/h18-19,21-23,25,29,31H,3-17,20,24,26-28H2,1-2H3;1H/q+1;/p-1. The van der Waals surface area contributed by atoms with Gasteiger partial charge in [-0.15, -0.1) is 0 Å². The zero-order valence-electron chi connectivity index (χ0n) is 25.1. The fourth-order valence-corrected chi connectivity index (χ4v) is 5.40. The van der Waals surface area contributed by atoms with Gasteiger partial charge in [0.1, 0.15) is 12.7 Å². The molecule has 1 heterocycles. The van der Waals surface area contributed by atoms with Crippen molar-refractivity contribution in [2.24, 2.45) is 0 Å². The Morgan fingerprint density at radius 2 is 1.40 bits per heavy atom. The topological polar surface area (TPSA) is 48.6 Å². The van der Waals surface area contributed by atoms with Crippen LogP contribution in [0.4, 0.5) is 0 Å². The summed E-state index contributed by atoms with van der Waals surface area (Å²) >= 11 is 1.63. The van der Waals surface area contributed by atoms with Crippen molar-refractivity contribution in [3.8, 4) is 0 Å². The maximum Gasteiger partial charge on any atom is 0.338 e. The molecule has 228 valence electrons. The Morgan fingerprint density at radius 3 is 1.95 bits per heavy atom. The number of unbranched alkanes of at least 4 members (excludes halogenated alkanes) is 15. The van der Waals surface area contributed by atoms with Crippen molar-refractivity contribution in [3.05, 3.63) is 52.5 Å². The van der Waals surface area contributed by atoms with Crippen LogP contribution in [0, 0.1) is 0 Å². The Labute approximate surface area is 258 Å². The van der Waals surface area contributed by atoms with Crippen LogP contribution in [0.2, 0.25) is 0 Å². The van der Waals surface area contributed by atoms with Crippen LogP contribution in [-0.4, -0.2) is 39.0 Å². The third-order valence-electron chi connectivity index (χ3n) is 7.30. The summed E-state index contributed by atoms with van der Waals surface area (Å²) in [7, 11) is 1.64. The number of rotatable bonds is 25. The van der Waals surface area contributed by atoms with Gasteiger partial charge >= 0.3 is 5.97 Å². The van der Waals surface area contributed by atoms with Crippen LogP contribution in [0.3, 0.4) is 0 Å². The number of aromatic nitrogens is 1. The van der Waals surface area contributed by atoms with Crippen molar-refractivity contribution in [2.45, 2.75) is 122 Å². The van der Waals surface area contributed by atoms with E-state index < -0.39 is 0 Å². The fourth-order valence-electron chi connectivity index (χ4n) is 4.80. The van der Waals surface area contributed by atoms with E-state index in [-0.39, 0.29) is 35.7 Å². The van der Waals surface area contributed by atoms with Crippen LogP contribution in [0.1, 0.15) is 126 Å². The molecular weight excluding hydrogens is 586 g/mol. The summed E-state index contributed by atoms with van der Waals surface area (Å²) in [5.74, 6) is -0.318. The summed E-state index contributed by atoms with van der Waals surface area (Å²) in [6.45, 7) is 4.28. The van der Waals surface area contributed by atoms with Gasteiger partial charge in [-0.1, -0.05) is 133 Å². The molecule has 40 heavy (non-hydrogen) atoms. The molecule has 1 aromatic carbocycles. The number of hydrogen-bond acceptors (Lipinski definition) is 5. The van der Waals surface area contributed by atoms with Gasteiger partial charge in [-0.05, 0) is 12.5 Å². The maximum absolute atomic E-state index is 12.7. The first-order chi connectivity index (χ1) is 19.2. The van der Waals surface area contributed by atoms with Crippen molar-refractivity contribution >= 4 is 17.3 Å². The summed E-state index contributed by atoms with van der Waals surface area (Å²) < 4.78 is 18.9. The molecule has 0 N–H and O–H groups in total. The van der Waals surface area contributed by atoms with Gasteiger partial charge in [0.25, 0.3) is 0 Å². The first-order valence-corrected chi connectivity index (χ1v) is 16.5. The highest BCUT2D eigenvalue weighted by Crippen LogP contribution is 2.14. The van der Waals surface area contributed by atoms with Crippen LogP contribution in [0.5, 0.6) is 0 Å². The van der Waals surface area contributed by atoms with Gasteiger partial charge in [0.15, 0.2) is 12.7 Å². The monoisotopic (exact) mass is 639 g/mol. The Kier molecular flexibility index (Phi) is 23.4. The second kappa shape index (κ2) is 25.4. The van der Waals surface area contributed by atoms with E-state index in [1.165, 1.54) is 96.3 Å².